The molecule has 0 unspecified atom stereocenters. The normalized spacial score (nSPS) is 11.2. The predicted octanol–water partition coefficient (Wildman–Crippen LogP) is 6.11. The quantitative estimate of drug-likeness (QED) is 0.245. The molecule has 0 aliphatic rings. The van der Waals surface area contributed by atoms with Crippen LogP contribution in [-0.4, -0.2) is 23.9 Å². The van der Waals surface area contributed by atoms with E-state index in [-0.39, 0.29) is 16.4 Å². The molecule has 0 atom stereocenters. The third-order valence-corrected chi connectivity index (χ3v) is 5.65. The average molecular weight is 415 g/mol. The van der Waals surface area contributed by atoms with Gasteiger partial charge in [-0.1, -0.05) is 39.0 Å². The van der Waals surface area contributed by atoms with E-state index in [1.54, 1.807) is 6.07 Å². The first-order chi connectivity index (χ1) is 14.0. The molecular weight excluding hydrogens is 388 g/mol. The SMILES string of the molecule is CCCCCCCCOc1cc(SC)cc2c(=O)c3cc(C(=O)O)ccc3oc12. The molecule has 1 N–H and O–H groups in total. The molecule has 154 valence electrons. The number of carboxylic acids is 1. The van der Waals surface area contributed by atoms with Crippen LogP contribution < -0.4 is 10.2 Å². The zero-order valence-electron chi connectivity index (χ0n) is 16.8. The van der Waals surface area contributed by atoms with E-state index in [4.69, 9.17) is 9.15 Å². The summed E-state index contributed by atoms with van der Waals surface area (Å²) in [6.07, 6.45) is 8.95. The number of hydrogen-bond donors (Lipinski definition) is 1. The van der Waals surface area contributed by atoms with Crippen LogP contribution in [0.25, 0.3) is 21.9 Å². The maximum absolute atomic E-state index is 13.0. The number of rotatable bonds is 10. The number of carboxylic acid groups (broad SMARTS) is 1. The van der Waals surface area contributed by atoms with Crippen molar-refractivity contribution in [3.8, 4) is 5.75 Å². The molecule has 0 radical (unpaired) electrons. The van der Waals surface area contributed by atoms with Gasteiger partial charge in [0.25, 0.3) is 0 Å². The van der Waals surface area contributed by atoms with Gasteiger partial charge in [-0.15, -0.1) is 11.8 Å². The van der Waals surface area contributed by atoms with E-state index in [2.05, 4.69) is 6.92 Å². The van der Waals surface area contributed by atoms with Crippen molar-refractivity contribution in [3.05, 3.63) is 46.1 Å². The van der Waals surface area contributed by atoms with Crippen molar-refractivity contribution < 1.29 is 19.1 Å². The Morgan fingerprint density at radius 3 is 2.55 bits per heavy atom. The van der Waals surface area contributed by atoms with Gasteiger partial charge in [-0.05, 0) is 43.0 Å². The summed E-state index contributed by atoms with van der Waals surface area (Å²) in [5.41, 5.74) is 0.581. The summed E-state index contributed by atoms with van der Waals surface area (Å²) in [4.78, 5) is 25.2. The van der Waals surface area contributed by atoms with Crippen molar-refractivity contribution in [3.63, 3.8) is 0 Å². The van der Waals surface area contributed by atoms with Gasteiger partial charge in [0, 0.05) is 4.90 Å². The molecule has 0 saturated heterocycles. The molecule has 3 aromatic rings. The highest BCUT2D eigenvalue weighted by Gasteiger charge is 2.15. The highest BCUT2D eigenvalue weighted by atomic mass is 32.2. The molecule has 1 aromatic heterocycles. The lowest BCUT2D eigenvalue weighted by atomic mass is 10.1. The molecule has 29 heavy (non-hydrogen) atoms. The van der Waals surface area contributed by atoms with Crippen LogP contribution in [0.4, 0.5) is 0 Å². The van der Waals surface area contributed by atoms with E-state index >= 15 is 0 Å². The molecule has 2 aromatic carbocycles. The van der Waals surface area contributed by atoms with Gasteiger partial charge in [0.15, 0.2) is 11.3 Å². The van der Waals surface area contributed by atoms with Crippen molar-refractivity contribution in [2.45, 2.75) is 50.3 Å². The standard InChI is InChI=1S/C23H26O5S/c1-3-4-5-6-7-8-11-27-20-14-16(29-2)13-18-21(24)17-12-15(23(25)26)9-10-19(17)28-22(18)20/h9-10,12-14H,3-8,11H2,1-2H3,(H,25,26). The molecule has 0 spiro atoms. The number of carbonyl (C=O) groups is 1. The first-order valence-electron chi connectivity index (χ1n) is 10.00. The molecule has 6 heteroatoms. The molecule has 0 fully saturated rings. The second-order valence-electron chi connectivity index (χ2n) is 7.07. The summed E-state index contributed by atoms with van der Waals surface area (Å²) in [6, 6.07) is 8.00. The van der Waals surface area contributed by atoms with Crippen LogP contribution in [0.2, 0.25) is 0 Å². The van der Waals surface area contributed by atoms with Crippen LogP contribution in [-0.2, 0) is 0 Å². The molecule has 0 aliphatic carbocycles. The van der Waals surface area contributed by atoms with Gasteiger partial charge in [-0.3, -0.25) is 4.79 Å². The summed E-state index contributed by atoms with van der Waals surface area (Å²) in [5, 5.41) is 9.88. The van der Waals surface area contributed by atoms with Crippen LogP contribution >= 0.6 is 11.8 Å². The summed E-state index contributed by atoms with van der Waals surface area (Å²) in [5.74, 6) is -0.520. The maximum Gasteiger partial charge on any atom is 0.335 e. The van der Waals surface area contributed by atoms with Gasteiger partial charge in [-0.25, -0.2) is 4.79 Å². The first kappa shape index (κ1) is 21.2. The van der Waals surface area contributed by atoms with Gasteiger partial charge in [0.1, 0.15) is 5.58 Å². The Morgan fingerprint density at radius 2 is 1.83 bits per heavy atom. The lowest BCUT2D eigenvalue weighted by molar-refractivity contribution is 0.0697. The molecule has 1 heterocycles. The average Bonchev–Trinajstić information content (AvgIpc) is 2.73. The van der Waals surface area contributed by atoms with Gasteiger partial charge in [-0.2, -0.15) is 0 Å². The van der Waals surface area contributed by atoms with Gasteiger partial charge >= 0.3 is 5.97 Å². The fourth-order valence-corrected chi connectivity index (χ4v) is 3.79. The number of fused-ring (bicyclic) bond motifs is 2. The van der Waals surface area contributed by atoms with Crippen molar-refractivity contribution >= 4 is 39.7 Å². The molecule has 0 amide bonds. The zero-order valence-corrected chi connectivity index (χ0v) is 17.6. The number of hydrogen-bond acceptors (Lipinski definition) is 5. The minimum atomic E-state index is -1.08. The molecule has 3 rings (SSSR count). The molecule has 0 bridgehead atoms. The predicted molar refractivity (Wildman–Crippen MR) is 118 cm³/mol. The molecule has 5 nitrogen and oxygen atoms in total. The van der Waals surface area contributed by atoms with E-state index in [0.29, 0.717) is 28.9 Å². The minimum Gasteiger partial charge on any atom is -0.490 e. The largest absolute Gasteiger partial charge is 0.490 e. The Kier molecular flexibility index (Phi) is 7.20. The van der Waals surface area contributed by atoms with E-state index in [0.717, 1.165) is 17.7 Å². The second-order valence-corrected chi connectivity index (χ2v) is 7.95. The van der Waals surface area contributed by atoms with E-state index < -0.39 is 5.97 Å². The highest BCUT2D eigenvalue weighted by molar-refractivity contribution is 7.98. The molecule has 0 saturated carbocycles. The minimum absolute atomic E-state index is 0.0599. The smallest absolute Gasteiger partial charge is 0.335 e. The summed E-state index contributed by atoms with van der Waals surface area (Å²) >= 11 is 1.52. The lowest BCUT2D eigenvalue weighted by Gasteiger charge is -2.11. The Hall–Kier alpha value is -2.47. The number of thioether (sulfide) groups is 1. The Bertz CT molecular complexity index is 1070. The van der Waals surface area contributed by atoms with E-state index in [1.807, 2.05) is 12.3 Å². The van der Waals surface area contributed by atoms with Crippen LogP contribution in [0, 0.1) is 0 Å². The topological polar surface area (TPSA) is 76.7 Å². The van der Waals surface area contributed by atoms with Crippen LogP contribution in [0.3, 0.4) is 0 Å². The Morgan fingerprint density at radius 1 is 1.07 bits per heavy atom. The molecule has 0 aliphatic heterocycles. The first-order valence-corrected chi connectivity index (χ1v) is 11.2. The lowest BCUT2D eigenvalue weighted by Crippen LogP contribution is -2.06. The van der Waals surface area contributed by atoms with E-state index in [1.165, 1.54) is 55.6 Å². The van der Waals surface area contributed by atoms with Gasteiger partial charge in [0.05, 0.1) is 22.9 Å². The summed E-state index contributed by atoms with van der Waals surface area (Å²) < 4.78 is 12.0. The van der Waals surface area contributed by atoms with Gasteiger partial charge < -0.3 is 14.3 Å². The summed E-state index contributed by atoms with van der Waals surface area (Å²) in [6.45, 7) is 2.77. The monoisotopic (exact) mass is 414 g/mol. The van der Waals surface area contributed by atoms with Crippen molar-refractivity contribution in [2.75, 3.05) is 12.9 Å². The number of benzene rings is 2. The Balaban J connectivity index is 1.93. The number of aromatic carboxylic acids is 1. The van der Waals surface area contributed by atoms with Crippen LogP contribution in [0.1, 0.15) is 55.8 Å². The second kappa shape index (κ2) is 9.83. The van der Waals surface area contributed by atoms with Gasteiger partial charge in [0.2, 0.25) is 5.43 Å². The fraction of sp³-hybridized carbons (Fsp3) is 0.391. The maximum atomic E-state index is 13.0. The van der Waals surface area contributed by atoms with Crippen molar-refractivity contribution in [2.24, 2.45) is 0 Å². The van der Waals surface area contributed by atoms with Crippen molar-refractivity contribution in [1.29, 1.82) is 0 Å². The number of ether oxygens (including phenoxy) is 1. The zero-order chi connectivity index (χ0) is 20.8. The van der Waals surface area contributed by atoms with E-state index in [9.17, 15) is 14.7 Å². The highest BCUT2D eigenvalue weighted by Crippen LogP contribution is 2.32. The van der Waals surface area contributed by atoms with Crippen LogP contribution in [0.5, 0.6) is 5.75 Å². The van der Waals surface area contributed by atoms with Crippen LogP contribution in [0.15, 0.2) is 44.4 Å². The third kappa shape index (κ3) is 4.93. The molecular formula is C23H26O5S. The third-order valence-electron chi connectivity index (χ3n) is 4.95. The fourth-order valence-electron chi connectivity index (χ4n) is 3.32. The number of unbranched alkanes of at least 4 members (excludes halogenated alkanes) is 5. The summed E-state index contributed by atoms with van der Waals surface area (Å²) in [7, 11) is 0. The Labute approximate surface area is 174 Å². The van der Waals surface area contributed by atoms with Crippen molar-refractivity contribution in [1.82, 2.24) is 0 Å².